The van der Waals surface area contributed by atoms with E-state index in [1.165, 1.54) is 17.7 Å². The Bertz CT molecular complexity index is 978. The Morgan fingerprint density at radius 1 is 1.19 bits per heavy atom. The van der Waals surface area contributed by atoms with Crippen LogP contribution in [0.25, 0.3) is 0 Å². The van der Waals surface area contributed by atoms with Gasteiger partial charge < -0.3 is 15.5 Å². The summed E-state index contributed by atoms with van der Waals surface area (Å²) in [6.45, 7) is 4.06. The number of aromatic hydroxyl groups is 1. The third kappa shape index (κ3) is 2.47. The number of nitrogens with zero attached hydrogens (tertiary/aromatic N) is 2. The number of urea groups is 1. The molecule has 2 saturated carbocycles. The molecule has 7 nitrogen and oxygen atoms in total. The monoisotopic (exact) mass is 425 g/mol. The van der Waals surface area contributed by atoms with Crippen LogP contribution in [0.2, 0.25) is 0 Å². The van der Waals surface area contributed by atoms with Gasteiger partial charge in [-0.2, -0.15) is 0 Å². The number of likely N-dealkylation sites (N-methyl/N-ethyl adjacent to an activating group) is 1. The zero-order chi connectivity index (χ0) is 21.6. The van der Waals surface area contributed by atoms with Crippen molar-refractivity contribution in [2.45, 2.75) is 74.5 Å². The molecule has 2 saturated heterocycles. The molecule has 166 valence electrons. The number of rotatable bonds is 3. The van der Waals surface area contributed by atoms with Gasteiger partial charge in [-0.1, -0.05) is 6.07 Å². The van der Waals surface area contributed by atoms with E-state index in [1.54, 1.807) is 12.1 Å². The van der Waals surface area contributed by atoms with Crippen molar-refractivity contribution in [1.82, 2.24) is 15.1 Å². The fourth-order valence-electron chi connectivity index (χ4n) is 7.24. The van der Waals surface area contributed by atoms with Crippen molar-refractivity contribution in [1.29, 1.82) is 0 Å². The third-order valence-corrected chi connectivity index (χ3v) is 8.96. The summed E-state index contributed by atoms with van der Waals surface area (Å²) in [7, 11) is 0. The number of phenols is 1. The minimum atomic E-state index is -0.975. The molecule has 6 rings (SSSR count). The van der Waals surface area contributed by atoms with Gasteiger partial charge in [0.15, 0.2) is 0 Å². The lowest BCUT2D eigenvalue weighted by atomic mass is 9.46. The Labute approximate surface area is 182 Å². The van der Waals surface area contributed by atoms with Crippen LogP contribution < -0.4 is 5.32 Å². The van der Waals surface area contributed by atoms with Crippen molar-refractivity contribution >= 4 is 11.9 Å². The quantitative estimate of drug-likeness (QED) is 0.643. The number of likely N-dealkylation sites (tertiary alicyclic amines) is 1. The normalized spacial score (nSPS) is 39.4. The zero-order valence-electron chi connectivity index (χ0n) is 18.1. The molecule has 2 heterocycles. The fraction of sp³-hybridized carbons (Fsp3) is 0.667. The molecule has 4 atom stereocenters. The van der Waals surface area contributed by atoms with Gasteiger partial charge >= 0.3 is 6.03 Å². The highest BCUT2D eigenvalue weighted by molar-refractivity contribution is 6.07. The van der Waals surface area contributed by atoms with Crippen molar-refractivity contribution in [3.8, 4) is 5.75 Å². The Morgan fingerprint density at radius 2 is 2.00 bits per heavy atom. The lowest BCUT2D eigenvalue weighted by Gasteiger charge is -2.65. The van der Waals surface area contributed by atoms with Gasteiger partial charge in [0.2, 0.25) is 0 Å². The van der Waals surface area contributed by atoms with Gasteiger partial charge in [0, 0.05) is 24.5 Å². The van der Waals surface area contributed by atoms with E-state index >= 15 is 0 Å². The van der Waals surface area contributed by atoms with E-state index in [0.29, 0.717) is 25.8 Å². The molecule has 5 aliphatic rings. The van der Waals surface area contributed by atoms with Crippen LogP contribution in [0.4, 0.5) is 4.79 Å². The summed E-state index contributed by atoms with van der Waals surface area (Å²) < 4.78 is 0. The van der Waals surface area contributed by atoms with E-state index < -0.39 is 16.6 Å². The van der Waals surface area contributed by atoms with Crippen LogP contribution in [0.1, 0.15) is 56.6 Å². The first-order chi connectivity index (χ1) is 14.8. The number of aliphatic hydroxyl groups is 1. The molecule has 1 aromatic carbocycles. The summed E-state index contributed by atoms with van der Waals surface area (Å²) in [5.41, 5.74) is -0.489. The molecule has 3 aliphatic carbocycles. The summed E-state index contributed by atoms with van der Waals surface area (Å²) in [4.78, 5) is 29.7. The smallest absolute Gasteiger partial charge is 0.325 e. The number of piperidine rings is 1. The van der Waals surface area contributed by atoms with Gasteiger partial charge in [0.25, 0.3) is 5.91 Å². The average Bonchev–Trinajstić information content (AvgIpc) is 3.52. The number of carbonyl (C=O) groups is 2. The topological polar surface area (TPSA) is 93.1 Å². The summed E-state index contributed by atoms with van der Waals surface area (Å²) in [5.74, 6) is 0.757. The molecule has 0 aromatic heterocycles. The van der Waals surface area contributed by atoms with Crippen molar-refractivity contribution < 1.29 is 19.8 Å². The van der Waals surface area contributed by atoms with E-state index in [4.69, 9.17) is 0 Å². The van der Waals surface area contributed by atoms with Gasteiger partial charge in [-0.3, -0.25) is 14.6 Å². The minimum Gasteiger partial charge on any atom is -0.508 e. The van der Waals surface area contributed by atoms with E-state index in [-0.39, 0.29) is 23.7 Å². The molecular formula is C24H31N3O4. The Morgan fingerprint density at radius 3 is 2.71 bits per heavy atom. The number of phenolic OH excluding ortho intramolecular Hbond substituents is 1. The van der Waals surface area contributed by atoms with Gasteiger partial charge in [-0.15, -0.1) is 0 Å². The standard InChI is InChI=1S/C24H31N3O4/c1-2-27-20(29)23(25-21(27)30)7-8-24(31)19-11-16-5-6-17(28)12-18(16)22(24,14-23)9-10-26(19)13-15-3-4-15/h5-6,12,15,19,28,31H,2-4,7-11,13-14H2,1H3,(H,25,30). The van der Waals surface area contributed by atoms with Gasteiger partial charge in [0.1, 0.15) is 11.3 Å². The van der Waals surface area contributed by atoms with Crippen LogP contribution in [0.5, 0.6) is 5.75 Å². The van der Waals surface area contributed by atoms with Gasteiger partial charge in [-0.25, -0.2) is 4.79 Å². The fourth-order valence-corrected chi connectivity index (χ4v) is 7.24. The SMILES string of the molecule is CCN1C(=O)NC2(CCC3(O)C4Cc5ccc(O)cc5C3(CCN4CC3CC3)C2)C1=O. The van der Waals surface area contributed by atoms with Crippen LogP contribution >= 0.6 is 0 Å². The molecule has 3 N–H and O–H groups in total. The number of nitrogens with one attached hydrogen (secondary N) is 1. The number of hydrogen-bond donors (Lipinski definition) is 3. The maximum absolute atomic E-state index is 13.4. The number of imide groups is 1. The molecule has 7 heteroatoms. The maximum Gasteiger partial charge on any atom is 0.325 e. The van der Waals surface area contributed by atoms with Crippen LogP contribution in [-0.2, 0) is 16.6 Å². The first kappa shape index (κ1) is 19.6. The first-order valence-electron chi connectivity index (χ1n) is 11.7. The van der Waals surface area contributed by atoms with E-state index in [1.807, 2.05) is 13.0 Å². The van der Waals surface area contributed by atoms with Crippen LogP contribution in [-0.4, -0.2) is 68.8 Å². The van der Waals surface area contributed by atoms with Crippen LogP contribution in [0.3, 0.4) is 0 Å². The van der Waals surface area contributed by atoms with E-state index in [0.717, 1.165) is 43.0 Å². The highest BCUT2D eigenvalue weighted by Gasteiger charge is 2.70. The molecule has 1 aromatic rings. The minimum absolute atomic E-state index is 0.00530. The number of amides is 3. The lowest BCUT2D eigenvalue weighted by Crippen LogP contribution is -2.76. The van der Waals surface area contributed by atoms with Gasteiger partial charge in [-0.05, 0) is 87.6 Å². The first-order valence-corrected chi connectivity index (χ1v) is 11.7. The van der Waals surface area contributed by atoms with Crippen molar-refractivity contribution in [2.24, 2.45) is 5.92 Å². The Kier molecular flexibility index (Phi) is 3.93. The molecule has 2 aliphatic heterocycles. The molecule has 4 unspecified atom stereocenters. The van der Waals surface area contributed by atoms with Gasteiger partial charge in [0.05, 0.1) is 5.60 Å². The van der Waals surface area contributed by atoms with Crippen LogP contribution in [0.15, 0.2) is 18.2 Å². The second-order valence-electron chi connectivity index (χ2n) is 10.5. The lowest BCUT2D eigenvalue weighted by molar-refractivity contribution is -0.181. The number of carbonyl (C=O) groups excluding carboxylic acids is 2. The Balaban J connectivity index is 1.48. The summed E-state index contributed by atoms with van der Waals surface area (Å²) >= 11 is 0. The summed E-state index contributed by atoms with van der Waals surface area (Å²) in [5, 5.41) is 25.7. The molecular weight excluding hydrogens is 394 g/mol. The number of fused-ring (bicyclic) bond motifs is 1. The van der Waals surface area contributed by atoms with Crippen molar-refractivity contribution in [3.63, 3.8) is 0 Å². The van der Waals surface area contributed by atoms with E-state index in [9.17, 15) is 19.8 Å². The average molecular weight is 426 g/mol. The molecule has 0 radical (unpaired) electrons. The number of benzene rings is 1. The highest BCUT2D eigenvalue weighted by atomic mass is 16.3. The molecule has 3 amide bonds. The largest absolute Gasteiger partial charge is 0.508 e. The molecule has 31 heavy (non-hydrogen) atoms. The predicted molar refractivity (Wildman–Crippen MR) is 114 cm³/mol. The molecule has 1 spiro atoms. The predicted octanol–water partition coefficient (Wildman–Crippen LogP) is 1.90. The maximum atomic E-state index is 13.4. The zero-order valence-corrected chi connectivity index (χ0v) is 18.1. The number of hydrogen-bond acceptors (Lipinski definition) is 5. The van der Waals surface area contributed by atoms with Crippen molar-refractivity contribution in [2.75, 3.05) is 19.6 Å². The molecule has 2 bridgehead atoms. The Hall–Kier alpha value is -2.12. The highest BCUT2D eigenvalue weighted by Crippen LogP contribution is 2.61. The van der Waals surface area contributed by atoms with Crippen LogP contribution in [0, 0.1) is 5.92 Å². The third-order valence-electron chi connectivity index (χ3n) is 8.96. The molecule has 4 fully saturated rings. The summed E-state index contributed by atoms with van der Waals surface area (Å²) in [6, 6.07) is 5.18. The van der Waals surface area contributed by atoms with E-state index in [2.05, 4.69) is 10.2 Å². The second kappa shape index (κ2) is 6.23. The van der Waals surface area contributed by atoms with Crippen molar-refractivity contribution in [3.05, 3.63) is 29.3 Å². The summed E-state index contributed by atoms with van der Waals surface area (Å²) in [6.07, 6.45) is 5.34. The second-order valence-corrected chi connectivity index (χ2v) is 10.5.